The monoisotopic (exact) mass is 362 g/mol. The van der Waals surface area contributed by atoms with E-state index < -0.39 is 17.7 Å². The van der Waals surface area contributed by atoms with Gasteiger partial charge in [0.2, 0.25) is 5.91 Å². The van der Waals surface area contributed by atoms with E-state index in [1.807, 2.05) is 20.8 Å². The van der Waals surface area contributed by atoms with Crippen LogP contribution in [0.5, 0.6) is 11.5 Å². The van der Waals surface area contributed by atoms with Crippen molar-refractivity contribution in [1.29, 1.82) is 0 Å². The van der Waals surface area contributed by atoms with Gasteiger partial charge in [-0.3, -0.25) is 9.69 Å². The summed E-state index contributed by atoms with van der Waals surface area (Å²) in [6.07, 6.45) is 1.77. The van der Waals surface area contributed by atoms with Crippen molar-refractivity contribution >= 4 is 17.7 Å². The summed E-state index contributed by atoms with van der Waals surface area (Å²) in [4.78, 5) is 26.5. The number of carbonyl (C=O) groups is 2. The first-order chi connectivity index (χ1) is 12.3. The summed E-state index contributed by atoms with van der Waals surface area (Å²) in [6.45, 7) is 7.16. The smallest absolute Gasteiger partial charge is 0.410 e. The van der Waals surface area contributed by atoms with Crippen LogP contribution in [-0.4, -0.2) is 48.3 Å². The normalized spacial score (nSPS) is 19.7. The summed E-state index contributed by atoms with van der Waals surface area (Å²) >= 11 is 0. The highest BCUT2D eigenvalue weighted by molar-refractivity contribution is 5.97. The second kappa shape index (κ2) is 7.43. The lowest BCUT2D eigenvalue weighted by Crippen LogP contribution is -2.45. The maximum absolute atomic E-state index is 12.7. The van der Waals surface area contributed by atoms with E-state index in [1.54, 1.807) is 18.2 Å². The Hall–Kier alpha value is -2.44. The molecule has 7 heteroatoms. The highest BCUT2D eigenvalue weighted by Crippen LogP contribution is 2.32. The predicted molar refractivity (Wildman–Crippen MR) is 96.6 cm³/mol. The van der Waals surface area contributed by atoms with E-state index in [-0.39, 0.29) is 5.91 Å². The molecule has 26 heavy (non-hydrogen) atoms. The van der Waals surface area contributed by atoms with Crippen LogP contribution in [0.15, 0.2) is 18.2 Å². The lowest BCUT2D eigenvalue weighted by molar-refractivity contribution is -0.120. The Kier molecular flexibility index (Phi) is 5.25. The van der Waals surface area contributed by atoms with Crippen LogP contribution in [0.25, 0.3) is 0 Å². The third-order valence-corrected chi connectivity index (χ3v) is 4.20. The molecule has 2 aliphatic heterocycles. The summed E-state index contributed by atoms with van der Waals surface area (Å²) in [5.41, 5.74) is 0.0324. The topological polar surface area (TPSA) is 77.1 Å². The fraction of sp³-hybridized carbons (Fsp3) is 0.579. The first-order valence-corrected chi connectivity index (χ1v) is 9.04. The number of nitrogens with zero attached hydrogens (tertiary/aromatic N) is 1. The molecule has 1 atom stereocenters. The first kappa shape index (κ1) is 18.4. The van der Waals surface area contributed by atoms with Gasteiger partial charge in [0.25, 0.3) is 0 Å². The van der Waals surface area contributed by atoms with Gasteiger partial charge in [-0.1, -0.05) is 0 Å². The van der Waals surface area contributed by atoms with Crippen molar-refractivity contribution in [3.05, 3.63) is 18.2 Å². The summed E-state index contributed by atoms with van der Waals surface area (Å²) in [5, 5.41) is 2.88. The van der Waals surface area contributed by atoms with Crippen LogP contribution in [0.2, 0.25) is 0 Å². The Morgan fingerprint density at radius 3 is 2.62 bits per heavy atom. The largest absolute Gasteiger partial charge is 0.490 e. The number of fused-ring (bicyclic) bond motifs is 1. The molecule has 2 amide bonds. The predicted octanol–water partition coefficient (Wildman–Crippen LogP) is 3.19. The zero-order valence-electron chi connectivity index (χ0n) is 15.5. The molecule has 1 fully saturated rings. The van der Waals surface area contributed by atoms with Crippen molar-refractivity contribution in [2.45, 2.75) is 51.7 Å². The van der Waals surface area contributed by atoms with E-state index >= 15 is 0 Å². The van der Waals surface area contributed by atoms with Crippen LogP contribution < -0.4 is 14.8 Å². The van der Waals surface area contributed by atoms with Gasteiger partial charge in [-0.2, -0.15) is 0 Å². The number of likely N-dealkylation sites (tertiary alicyclic amines) is 1. The Labute approximate surface area is 153 Å². The average molecular weight is 362 g/mol. The van der Waals surface area contributed by atoms with Crippen molar-refractivity contribution in [1.82, 2.24) is 4.90 Å². The molecule has 1 aromatic carbocycles. The van der Waals surface area contributed by atoms with E-state index in [0.29, 0.717) is 43.4 Å². The van der Waals surface area contributed by atoms with Crippen molar-refractivity contribution in [3.63, 3.8) is 0 Å². The minimum Gasteiger partial charge on any atom is -0.490 e. The van der Waals surface area contributed by atoms with Crippen LogP contribution in [0.4, 0.5) is 10.5 Å². The molecular formula is C19H26N2O5. The van der Waals surface area contributed by atoms with Gasteiger partial charge in [0.05, 0.1) is 13.2 Å². The minimum absolute atomic E-state index is 0.220. The molecule has 142 valence electrons. The van der Waals surface area contributed by atoms with Crippen molar-refractivity contribution in [2.75, 3.05) is 25.1 Å². The first-order valence-electron chi connectivity index (χ1n) is 9.04. The van der Waals surface area contributed by atoms with Crippen LogP contribution in [-0.2, 0) is 9.53 Å². The van der Waals surface area contributed by atoms with Gasteiger partial charge in [-0.25, -0.2) is 4.79 Å². The number of anilines is 1. The van der Waals surface area contributed by atoms with Gasteiger partial charge in [0.15, 0.2) is 11.5 Å². The molecule has 0 unspecified atom stereocenters. The molecule has 2 aliphatic rings. The molecule has 1 N–H and O–H groups in total. The molecule has 0 radical (unpaired) electrons. The molecule has 0 saturated carbocycles. The van der Waals surface area contributed by atoms with Crippen LogP contribution in [0, 0.1) is 0 Å². The maximum Gasteiger partial charge on any atom is 0.410 e. The molecule has 1 saturated heterocycles. The fourth-order valence-corrected chi connectivity index (χ4v) is 3.04. The van der Waals surface area contributed by atoms with Crippen molar-refractivity contribution in [3.8, 4) is 11.5 Å². The van der Waals surface area contributed by atoms with Crippen LogP contribution >= 0.6 is 0 Å². The third kappa shape index (κ3) is 4.39. The summed E-state index contributed by atoms with van der Waals surface area (Å²) < 4.78 is 16.7. The maximum atomic E-state index is 12.7. The molecule has 7 nitrogen and oxygen atoms in total. The number of benzene rings is 1. The molecule has 1 aromatic rings. The molecule has 3 rings (SSSR count). The standard InChI is InChI=1S/C19H26N2O5/c1-19(2,3)26-18(23)21-9-4-6-14(21)17(22)20-13-7-8-15-16(12-13)25-11-5-10-24-15/h7-8,12,14H,4-6,9-11H2,1-3H3,(H,20,22)/t14-/m0/s1. The fourth-order valence-electron chi connectivity index (χ4n) is 3.04. The molecule has 2 heterocycles. The molecule has 0 aromatic heterocycles. The number of rotatable bonds is 2. The Bertz CT molecular complexity index is 683. The quantitative estimate of drug-likeness (QED) is 0.874. The number of carbonyl (C=O) groups excluding carboxylic acids is 2. The van der Waals surface area contributed by atoms with Crippen molar-refractivity contribution < 1.29 is 23.8 Å². The van der Waals surface area contributed by atoms with Crippen molar-refractivity contribution in [2.24, 2.45) is 0 Å². The Balaban J connectivity index is 1.67. The van der Waals surface area contributed by atoms with Gasteiger partial charge >= 0.3 is 6.09 Å². The highest BCUT2D eigenvalue weighted by Gasteiger charge is 2.36. The van der Waals surface area contributed by atoms with Gasteiger partial charge < -0.3 is 19.5 Å². The van der Waals surface area contributed by atoms with E-state index in [1.165, 1.54) is 4.90 Å². The van der Waals surface area contributed by atoms with E-state index in [4.69, 9.17) is 14.2 Å². The number of hydrogen-bond donors (Lipinski definition) is 1. The van der Waals surface area contributed by atoms with E-state index in [2.05, 4.69) is 5.32 Å². The van der Waals surface area contributed by atoms with E-state index in [9.17, 15) is 9.59 Å². The third-order valence-electron chi connectivity index (χ3n) is 4.20. The lowest BCUT2D eigenvalue weighted by Gasteiger charge is -2.28. The molecule has 0 spiro atoms. The summed E-state index contributed by atoms with van der Waals surface area (Å²) in [5.74, 6) is 1.08. The Morgan fingerprint density at radius 1 is 1.15 bits per heavy atom. The lowest BCUT2D eigenvalue weighted by atomic mass is 10.2. The van der Waals surface area contributed by atoms with Gasteiger partial charge in [-0.05, 0) is 45.7 Å². The average Bonchev–Trinajstić information content (AvgIpc) is 2.93. The zero-order valence-corrected chi connectivity index (χ0v) is 15.5. The SMILES string of the molecule is CC(C)(C)OC(=O)N1CCC[C@H]1C(=O)Nc1ccc2c(c1)OCCCO2. The number of hydrogen-bond acceptors (Lipinski definition) is 5. The van der Waals surface area contributed by atoms with Gasteiger partial charge in [-0.15, -0.1) is 0 Å². The number of ether oxygens (including phenoxy) is 3. The minimum atomic E-state index is -0.588. The van der Waals surface area contributed by atoms with Crippen LogP contribution in [0.3, 0.4) is 0 Å². The zero-order chi connectivity index (χ0) is 18.7. The summed E-state index contributed by atoms with van der Waals surface area (Å²) in [7, 11) is 0. The van der Waals surface area contributed by atoms with Gasteiger partial charge in [0, 0.05) is 24.7 Å². The second-order valence-corrected chi connectivity index (χ2v) is 7.53. The van der Waals surface area contributed by atoms with E-state index in [0.717, 1.165) is 12.8 Å². The highest BCUT2D eigenvalue weighted by atomic mass is 16.6. The molecule has 0 aliphatic carbocycles. The Morgan fingerprint density at radius 2 is 1.88 bits per heavy atom. The summed E-state index contributed by atoms with van der Waals surface area (Å²) in [6, 6.07) is 4.79. The molecular weight excluding hydrogens is 336 g/mol. The molecule has 0 bridgehead atoms. The van der Waals surface area contributed by atoms with Crippen LogP contribution in [0.1, 0.15) is 40.0 Å². The second-order valence-electron chi connectivity index (χ2n) is 7.53. The van der Waals surface area contributed by atoms with Gasteiger partial charge in [0.1, 0.15) is 11.6 Å². The number of nitrogens with one attached hydrogen (secondary N) is 1. The number of amides is 2.